The van der Waals surface area contributed by atoms with Crippen molar-refractivity contribution in [1.82, 2.24) is 4.90 Å². The molecule has 1 aliphatic carbocycles. The molecule has 1 aromatic carbocycles. The highest BCUT2D eigenvalue weighted by Crippen LogP contribution is 2.32. The monoisotopic (exact) mass is 312 g/mol. The number of rotatable bonds is 3. The summed E-state index contributed by atoms with van der Waals surface area (Å²) in [6, 6.07) is 6.43. The molecule has 1 heterocycles. The number of likely N-dealkylation sites (tertiary alicyclic amines) is 1. The van der Waals surface area contributed by atoms with Crippen molar-refractivity contribution < 1.29 is 4.79 Å². The maximum absolute atomic E-state index is 12.5. The van der Waals surface area contributed by atoms with Crippen molar-refractivity contribution in [2.75, 3.05) is 13.1 Å². The summed E-state index contributed by atoms with van der Waals surface area (Å²) in [6.07, 6.45) is 9.50. The minimum absolute atomic E-state index is 0.181. The first-order chi connectivity index (χ1) is 11.0. The average Bonchev–Trinajstić information content (AvgIpc) is 2.52. The average molecular weight is 312 g/mol. The summed E-state index contributed by atoms with van der Waals surface area (Å²) >= 11 is 0. The molecular weight excluding hydrogens is 284 g/mol. The Hall–Kier alpha value is -1.61. The van der Waals surface area contributed by atoms with Gasteiger partial charge in [0.25, 0.3) is 0 Å². The molecule has 0 bridgehead atoms. The van der Waals surface area contributed by atoms with Gasteiger partial charge in [0.15, 0.2) is 0 Å². The Morgan fingerprint density at radius 3 is 2.35 bits per heavy atom. The summed E-state index contributed by atoms with van der Waals surface area (Å²) in [7, 11) is 0. The first-order valence-corrected chi connectivity index (χ1v) is 8.82. The van der Waals surface area contributed by atoms with Gasteiger partial charge in [-0.05, 0) is 68.6 Å². The molecule has 0 unspecified atom stereocenters. The largest absolute Gasteiger partial charge is 0.341 e. The Labute approximate surface area is 139 Å². The van der Waals surface area contributed by atoms with E-state index in [4.69, 9.17) is 5.73 Å². The fraction of sp³-hybridized carbons (Fsp3) is 0.550. The molecule has 3 heteroatoms. The number of nitrogens with zero attached hydrogens (tertiary/aromatic N) is 1. The van der Waals surface area contributed by atoms with Crippen LogP contribution in [0.5, 0.6) is 0 Å². The molecule has 1 aliphatic heterocycles. The fourth-order valence-electron chi connectivity index (χ4n) is 3.70. The second-order valence-corrected chi connectivity index (χ2v) is 7.30. The van der Waals surface area contributed by atoms with Crippen molar-refractivity contribution >= 4 is 12.0 Å². The van der Waals surface area contributed by atoms with Crippen LogP contribution in [0.1, 0.15) is 48.8 Å². The van der Waals surface area contributed by atoms with Gasteiger partial charge in [0, 0.05) is 13.1 Å². The van der Waals surface area contributed by atoms with Gasteiger partial charge < -0.3 is 10.6 Å². The van der Waals surface area contributed by atoms with Crippen LogP contribution in [0.2, 0.25) is 0 Å². The lowest BCUT2D eigenvalue weighted by atomic mass is 9.76. The summed E-state index contributed by atoms with van der Waals surface area (Å²) in [5, 5.41) is 0. The number of nitrogens with two attached hydrogens (primary N) is 1. The van der Waals surface area contributed by atoms with E-state index in [1.807, 2.05) is 4.90 Å². The van der Waals surface area contributed by atoms with E-state index in [1.54, 1.807) is 0 Å². The molecular formula is C20H28N2O. The quantitative estimate of drug-likeness (QED) is 0.929. The highest BCUT2D eigenvalue weighted by atomic mass is 16.2. The van der Waals surface area contributed by atoms with Crippen LogP contribution in [-0.2, 0) is 4.79 Å². The van der Waals surface area contributed by atoms with Crippen LogP contribution < -0.4 is 5.73 Å². The number of piperidine rings is 1. The minimum atomic E-state index is -0.541. The van der Waals surface area contributed by atoms with E-state index in [2.05, 4.69) is 44.2 Å². The van der Waals surface area contributed by atoms with E-state index >= 15 is 0 Å². The summed E-state index contributed by atoms with van der Waals surface area (Å²) in [4.78, 5) is 14.4. The number of carbonyl (C=O) groups is 1. The Morgan fingerprint density at radius 2 is 1.83 bits per heavy atom. The van der Waals surface area contributed by atoms with Crippen LogP contribution in [0.4, 0.5) is 0 Å². The van der Waals surface area contributed by atoms with Gasteiger partial charge in [0.05, 0.1) is 5.54 Å². The zero-order valence-corrected chi connectivity index (χ0v) is 14.3. The number of benzene rings is 1. The normalized spacial score (nSPS) is 21.4. The van der Waals surface area contributed by atoms with Gasteiger partial charge in [-0.15, -0.1) is 0 Å². The van der Waals surface area contributed by atoms with E-state index in [0.29, 0.717) is 5.92 Å². The summed E-state index contributed by atoms with van der Waals surface area (Å²) < 4.78 is 0. The molecule has 0 aromatic heterocycles. The zero-order valence-electron chi connectivity index (χ0n) is 14.3. The van der Waals surface area contributed by atoms with Crippen LogP contribution >= 0.6 is 0 Å². The van der Waals surface area contributed by atoms with Gasteiger partial charge in [-0.3, -0.25) is 4.79 Å². The van der Waals surface area contributed by atoms with Gasteiger partial charge >= 0.3 is 0 Å². The molecule has 0 spiro atoms. The number of allylic oxidation sites excluding steroid dienone is 1. The van der Waals surface area contributed by atoms with Gasteiger partial charge in [-0.25, -0.2) is 0 Å². The van der Waals surface area contributed by atoms with Crippen molar-refractivity contribution in [2.45, 2.75) is 51.5 Å². The molecule has 1 aromatic rings. The third-order valence-corrected chi connectivity index (χ3v) is 5.58. The maximum Gasteiger partial charge on any atom is 0.242 e. The highest BCUT2D eigenvalue weighted by Gasteiger charge is 2.43. The molecule has 3 nitrogen and oxygen atoms in total. The second kappa shape index (κ2) is 6.48. The van der Waals surface area contributed by atoms with Crippen LogP contribution in [0.3, 0.4) is 0 Å². The van der Waals surface area contributed by atoms with Crippen molar-refractivity contribution in [3.05, 3.63) is 41.0 Å². The van der Waals surface area contributed by atoms with Crippen molar-refractivity contribution in [3.8, 4) is 0 Å². The van der Waals surface area contributed by atoms with E-state index in [9.17, 15) is 4.79 Å². The Bertz CT molecular complexity index is 588. The molecule has 124 valence electrons. The summed E-state index contributed by atoms with van der Waals surface area (Å²) in [6.45, 7) is 6.01. The topological polar surface area (TPSA) is 46.3 Å². The van der Waals surface area contributed by atoms with Gasteiger partial charge in [0.1, 0.15) is 0 Å². The lowest BCUT2D eigenvalue weighted by Crippen LogP contribution is -2.60. The van der Waals surface area contributed by atoms with Crippen LogP contribution in [0, 0.1) is 19.8 Å². The SMILES string of the molecule is Cc1cccc(C)c1/C=C/C1CCN(C(=O)C2(N)CCC2)CC1. The minimum Gasteiger partial charge on any atom is -0.341 e. The van der Waals surface area contributed by atoms with E-state index in [-0.39, 0.29) is 5.91 Å². The molecule has 2 N–H and O–H groups in total. The number of aryl methyl sites for hydroxylation is 2. The Morgan fingerprint density at radius 1 is 1.22 bits per heavy atom. The van der Waals surface area contributed by atoms with Crippen molar-refractivity contribution in [3.63, 3.8) is 0 Å². The van der Waals surface area contributed by atoms with E-state index < -0.39 is 5.54 Å². The smallest absolute Gasteiger partial charge is 0.242 e. The third kappa shape index (κ3) is 3.35. The zero-order chi connectivity index (χ0) is 16.4. The van der Waals surface area contributed by atoms with Crippen LogP contribution in [0.15, 0.2) is 24.3 Å². The molecule has 0 radical (unpaired) electrons. The lowest BCUT2D eigenvalue weighted by Gasteiger charge is -2.42. The standard InChI is InChI=1S/C20H28N2O/c1-15-5-3-6-16(2)18(15)8-7-17-9-13-22(14-10-17)19(23)20(21)11-4-12-20/h3,5-8,17H,4,9-14,21H2,1-2H3/b8-7+. The summed E-state index contributed by atoms with van der Waals surface area (Å²) in [5.41, 5.74) is 9.61. The second-order valence-electron chi connectivity index (χ2n) is 7.30. The predicted octanol–water partition coefficient (Wildman–Crippen LogP) is 3.44. The van der Waals surface area contributed by atoms with Crippen molar-refractivity contribution in [2.24, 2.45) is 11.7 Å². The first kappa shape index (κ1) is 16.3. The number of hydrogen-bond acceptors (Lipinski definition) is 2. The number of hydrogen-bond donors (Lipinski definition) is 1. The Balaban J connectivity index is 1.57. The van der Waals surface area contributed by atoms with Gasteiger partial charge in [0.2, 0.25) is 5.91 Å². The van der Waals surface area contributed by atoms with Gasteiger partial charge in [-0.2, -0.15) is 0 Å². The van der Waals surface area contributed by atoms with Crippen LogP contribution in [-0.4, -0.2) is 29.4 Å². The number of amides is 1. The molecule has 1 amide bonds. The lowest BCUT2D eigenvalue weighted by molar-refractivity contribution is -0.141. The number of carbonyl (C=O) groups excluding carboxylic acids is 1. The Kier molecular flexibility index (Phi) is 4.58. The van der Waals surface area contributed by atoms with E-state index in [1.165, 1.54) is 16.7 Å². The predicted molar refractivity (Wildman–Crippen MR) is 95.0 cm³/mol. The highest BCUT2D eigenvalue weighted by molar-refractivity contribution is 5.87. The van der Waals surface area contributed by atoms with Crippen molar-refractivity contribution in [1.29, 1.82) is 0 Å². The first-order valence-electron chi connectivity index (χ1n) is 8.82. The van der Waals surface area contributed by atoms with Gasteiger partial charge in [-0.1, -0.05) is 30.4 Å². The maximum atomic E-state index is 12.5. The molecule has 3 rings (SSSR count). The molecule has 2 fully saturated rings. The molecule has 1 saturated carbocycles. The fourth-order valence-corrected chi connectivity index (χ4v) is 3.70. The summed E-state index contributed by atoms with van der Waals surface area (Å²) in [5.74, 6) is 0.745. The van der Waals surface area contributed by atoms with E-state index in [0.717, 1.165) is 45.2 Å². The molecule has 1 saturated heterocycles. The van der Waals surface area contributed by atoms with Crippen LogP contribution in [0.25, 0.3) is 6.08 Å². The molecule has 23 heavy (non-hydrogen) atoms. The molecule has 2 aliphatic rings. The molecule has 0 atom stereocenters. The third-order valence-electron chi connectivity index (χ3n) is 5.58.